The number of hydrogen-bond acceptors (Lipinski definition) is 4. The first-order valence-electron chi connectivity index (χ1n) is 6.58. The van der Waals surface area contributed by atoms with Gasteiger partial charge >= 0.3 is 5.97 Å². The lowest BCUT2D eigenvalue weighted by atomic mass is 10.1. The van der Waals surface area contributed by atoms with Gasteiger partial charge in [0.1, 0.15) is 17.7 Å². The minimum absolute atomic E-state index is 0.214. The highest BCUT2D eigenvalue weighted by Crippen LogP contribution is 2.22. The molecule has 0 bridgehead atoms. The van der Waals surface area contributed by atoms with E-state index in [1.807, 2.05) is 19.9 Å². The predicted octanol–water partition coefficient (Wildman–Crippen LogP) is 2.63. The number of nitrogens with zero attached hydrogens (tertiary/aromatic N) is 3. The first-order chi connectivity index (χ1) is 8.73. The molecule has 1 aromatic heterocycles. The van der Waals surface area contributed by atoms with Gasteiger partial charge in [-0.2, -0.15) is 0 Å². The van der Waals surface area contributed by atoms with Crippen LogP contribution in [0.2, 0.25) is 0 Å². The number of rotatable bonds is 5. The van der Waals surface area contributed by atoms with E-state index in [1.54, 1.807) is 18.9 Å². The zero-order valence-electron chi connectivity index (χ0n) is 12.5. The fourth-order valence-electron chi connectivity index (χ4n) is 1.57. The molecular formula is C14H23N3O2. The van der Waals surface area contributed by atoms with E-state index in [4.69, 9.17) is 5.11 Å². The van der Waals surface area contributed by atoms with E-state index in [-0.39, 0.29) is 11.8 Å². The van der Waals surface area contributed by atoms with E-state index in [0.717, 1.165) is 11.5 Å². The van der Waals surface area contributed by atoms with Crippen molar-refractivity contribution in [3.63, 3.8) is 0 Å². The Balaban J connectivity index is 3.23. The second kappa shape index (κ2) is 5.99. The van der Waals surface area contributed by atoms with E-state index < -0.39 is 12.0 Å². The van der Waals surface area contributed by atoms with Gasteiger partial charge in [0.2, 0.25) is 0 Å². The molecule has 0 amide bonds. The molecule has 1 rings (SSSR count). The number of likely N-dealkylation sites (N-methyl/N-ethyl adjacent to an activating group) is 1. The van der Waals surface area contributed by atoms with Crippen LogP contribution in [0, 0.1) is 0 Å². The zero-order chi connectivity index (χ0) is 14.7. The lowest BCUT2D eigenvalue weighted by Gasteiger charge is -2.24. The molecule has 0 aliphatic heterocycles. The average Bonchev–Trinajstić information content (AvgIpc) is 2.36. The van der Waals surface area contributed by atoms with Crippen LogP contribution in [0.3, 0.4) is 0 Å². The summed E-state index contributed by atoms with van der Waals surface area (Å²) in [6.45, 7) is 9.84. The Morgan fingerprint density at radius 2 is 1.74 bits per heavy atom. The first-order valence-corrected chi connectivity index (χ1v) is 6.58. The summed E-state index contributed by atoms with van der Waals surface area (Å²) >= 11 is 0. The molecule has 1 unspecified atom stereocenters. The summed E-state index contributed by atoms with van der Waals surface area (Å²) in [6, 6.07) is 1.26. The van der Waals surface area contributed by atoms with Crippen molar-refractivity contribution in [1.29, 1.82) is 0 Å². The van der Waals surface area contributed by atoms with Gasteiger partial charge in [-0.05, 0) is 12.8 Å². The summed E-state index contributed by atoms with van der Waals surface area (Å²) in [6.07, 6.45) is 0. The maximum atomic E-state index is 11.1. The summed E-state index contributed by atoms with van der Waals surface area (Å²) < 4.78 is 0. The summed E-state index contributed by atoms with van der Waals surface area (Å²) in [5, 5.41) is 9.09. The zero-order valence-corrected chi connectivity index (χ0v) is 12.5. The Kier molecular flexibility index (Phi) is 4.86. The van der Waals surface area contributed by atoms with Crippen LogP contribution in [0.15, 0.2) is 6.07 Å². The number of aromatic nitrogens is 2. The standard InChI is InChI=1S/C14H23N3O2/c1-8(2)11-7-12(16-13(15-11)9(3)4)17(6)10(5)14(18)19/h7-10H,1-6H3,(H,18,19). The number of anilines is 1. The fraction of sp³-hybridized carbons (Fsp3) is 0.643. The van der Waals surface area contributed by atoms with Crippen LogP contribution in [0.1, 0.15) is 58.0 Å². The number of carboxylic acid groups (broad SMARTS) is 1. The Morgan fingerprint density at radius 1 is 1.16 bits per heavy atom. The molecule has 0 aromatic carbocycles. The highest BCUT2D eigenvalue weighted by molar-refractivity contribution is 5.77. The summed E-state index contributed by atoms with van der Waals surface area (Å²) in [5.74, 6) is 1.06. The van der Waals surface area contributed by atoms with Crippen molar-refractivity contribution >= 4 is 11.8 Å². The highest BCUT2D eigenvalue weighted by Gasteiger charge is 2.20. The molecule has 5 nitrogen and oxygen atoms in total. The second-order valence-electron chi connectivity index (χ2n) is 5.44. The largest absolute Gasteiger partial charge is 0.480 e. The van der Waals surface area contributed by atoms with Gasteiger partial charge in [0.05, 0.1) is 0 Å². The Hall–Kier alpha value is -1.65. The molecule has 5 heteroatoms. The minimum atomic E-state index is -0.863. The monoisotopic (exact) mass is 265 g/mol. The lowest BCUT2D eigenvalue weighted by molar-refractivity contribution is -0.138. The van der Waals surface area contributed by atoms with E-state index in [1.165, 1.54) is 0 Å². The number of hydrogen-bond donors (Lipinski definition) is 1. The maximum Gasteiger partial charge on any atom is 0.326 e. The van der Waals surface area contributed by atoms with Crippen LogP contribution in [0.4, 0.5) is 5.82 Å². The van der Waals surface area contributed by atoms with Crippen molar-refractivity contribution in [2.45, 2.75) is 52.5 Å². The van der Waals surface area contributed by atoms with Gasteiger partial charge in [-0.3, -0.25) is 0 Å². The third-order valence-corrected chi connectivity index (χ3v) is 3.16. The van der Waals surface area contributed by atoms with Crippen LogP contribution >= 0.6 is 0 Å². The molecular weight excluding hydrogens is 242 g/mol. The molecule has 0 aliphatic carbocycles. The first kappa shape index (κ1) is 15.4. The van der Waals surface area contributed by atoms with E-state index in [0.29, 0.717) is 5.82 Å². The lowest BCUT2D eigenvalue weighted by Crippen LogP contribution is -2.36. The molecule has 0 spiro atoms. The molecule has 106 valence electrons. The van der Waals surface area contributed by atoms with E-state index in [2.05, 4.69) is 23.8 Å². The molecule has 1 N–H and O–H groups in total. The van der Waals surface area contributed by atoms with Crippen molar-refractivity contribution < 1.29 is 9.90 Å². The molecule has 0 fully saturated rings. The van der Waals surface area contributed by atoms with Crippen LogP contribution < -0.4 is 4.90 Å². The van der Waals surface area contributed by atoms with Gasteiger partial charge in [0.25, 0.3) is 0 Å². The van der Waals surface area contributed by atoms with Crippen molar-refractivity contribution in [3.8, 4) is 0 Å². The number of carboxylic acids is 1. The van der Waals surface area contributed by atoms with Gasteiger partial charge in [-0.15, -0.1) is 0 Å². The predicted molar refractivity (Wildman–Crippen MR) is 75.7 cm³/mol. The normalized spacial score (nSPS) is 12.8. The molecule has 0 saturated carbocycles. The Bertz CT molecular complexity index is 432. The number of aliphatic carboxylic acids is 1. The Morgan fingerprint density at radius 3 is 2.16 bits per heavy atom. The summed E-state index contributed by atoms with van der Waals surface area (Å²) in [4.78, 5) is 21.7. The molecule has 1 heterocycles. The van der Waals surface area contributed by atoms with Crippen molar-refractivity contribution in [1.82, 2.24) is 9.97 Å². The van der Waals surface area contributed by atoms with Crippen LogP contribution in [-0.4, -0.2) is 34.1 Å². The van der Waals surface area contributed by atoms with E-state index >= 15 is 0 Å². The summed E-state index contributed by atoms with van der Waals surface area (Å²) in [7, 11) is 1.75. The maximum absolute atomic E-state index is 11.1. The Labute approximate surface area is 114 Å². The number of carbonyl (C=O) groups is 1. The fourth-order valence-corrected chi connectivity index (χ4v) is 1.57. The average molecular weight is 265 g/mol. The molecule has 1 atom stereocenters. The SMILES string of the molecule is CC(C)c1cc(N(C)C(C)C(=O)O)nc(C(C)C)n1. The van der Waals surface area contributed by atoms with Crippen molar-refractivity contribution in [3.05, 3.63) is 17.6 Å². The second-order valence-corrected chi connectivity index (χ2v) is 5.44. The van der Waals surface area contributed by atoms with Gasteiger partial charge in [-0.1, -0.05) is 27.7 Å². The van der Waals surface area contributed by atoms with Crippen molar-refractivity contribution in [2.24, 2.45) is 0 Å². The van der Waals surface area contributed by atoms with Gasteiger partial charge in [0.15, 0.2) is 0 Å². The van der Waals surface area contributed by atoms with Gasteiger partial charge < -0.3 is 10.0 Å². The molecule has 19 heavy (non-hydrogen) atoms. The molecule has 0 aliphatic rings. The molecule has 1 aromatic rings. The quantitative estimate of drug-likeness (QED) is 0.886. The highest BCUT2D eigenvalue weighted by atomic mass is 16.4. The molecule has 0 radical (unpaired) electrons. The molecule has 0 saturated heterocycles. The van der Waals surface area contributed by atoms with Crippen LogP contribution in [0.5, 0.6) is 0 Å². The topological polar surface area (TPSA) is 66.3 Å². The third-order valence-electron chi connectivity index (χ3n) is 3.16. The van der Waals surface area contributed by atoms with Crippen molar-refractivity contribution in [2.75, 3.05) is 11.9 Å². The van der Waals surface area contributed by atoms with Gasteiger partial charge in [0, 0.05) is 24.7 Å². The van der Waals surface area contributed by atoms with E-state index in [9.17, 15) is 4.79 Å². The third kappa shape index (κ3) is 3.66. The summed E-state index contributed by atoms with van der Waals surface area (Å²) in [5.41, 5.74) is 0.943. The van der Waals surface area contributed by atoms with Gasteiger partial charge in [-0.25, -0.2) is 14.8 Å². The van der Waals surface area contributed by atoms with Crippen LogP contribution in [0.25, 0.3) is 0 Å². The van der Waals surface area contributed by atoms with Crippen LogP contribution in [-0.2, 0) is 4.79 Å². The minimum Gasteiger partial charge on any atom is -0.480 e. The smallest absolute Gasteiger partial charge is 0.326 e.